The third-order valence-electron chi connectivity index (χ3n) is 0.998. The quantitative estimate of drug-likeness (QED) is 0.595. The summed E-state index contributed by atoms with van der Waals surface area (Å²) in [6, 6.07) is 4.14. The van der Waals surface area contributed by atoms with Gasteiger partial charge in [-0.1, -0.05) is 6.07 Å². The first-order valence-electron chi connectivity index (χ1n) is 2.86. The van der Waals surface area contributed by atoms with Crippen molar-refractivity contribution in [1.29, 1.82) is 0 Å². The van der Waals surface area contributed by atoms with Gasteiger partial charge >= 0.3 is 0 Å². The fraction of sp³-hybridized carbons (Fsp3) is 0.286. The molecule has 0 bridgehead atoms. The normalized spacial score (nSPS) is 9.89. The number of rotatable bonds is 3. The zero-order valence-electron chi connectivity index (χ0n) is 5.01. The Kier molecular flexibility index (Phi) is 3.09. The zero-order valence-corrected chi connectivity index (χ0v) is 6.58. The molecule has 0 unspecified atom stereocenters. The second-order valence-corrected chi connectivity index (χ2v) is 3.05. The maximum absolute atomic E-state index is 5.49. The van der Waals surface area contributed by atoms with Crippen LogP contribution in [-0.2, 0) is 0 Å². The molecule has 1 aromatic heterocycles. The van der Waals surface area contributed by atoms with Gasteiger partial charge in [-0.2, -0.15) is 0 Å². The van der Waals surface area contributed by atoms with Crippen LogP contribution in [0, 0.1) is 6.42 Å². The Bertz CT molecular complexity index is 146. The van der Waals surface area contributed by atoms with Crippen molar-refractivity contribution in [3.63, 3.8) is 0 Å². The van der Waals surface area contributed by atoms with Crippen LogP contribution in [0.3, 0.4) is 0 Å². The van der Waals surface area contributed by atoms with Crippen LogP contribution in [0.25, 0.3) is 0 Å². The highest BCUT2D eigenvalue weighted by Gasteiger charge is 1.90. The molecule has 1 rings (SSSR count). The van der Waals surface area contributed by atoms with Crippen molar-refractivity contribution in [2.75, 3.05) is 5.88 Å². The van der Waals surface area contributed by atoms with Crippen LogP contribution >= 0.6 is 22.9 Å². The van der Waals surface area contributed by atoms with Crippen LogP contribution in [0.5, 0.6) is 0 Å². The molecule has 0 saturated carbocycles. The maximum atomic E-state index is 5.49. The summed E-state index contributed by atoms with van der Waals surface area (Å²) in [6.07, 6.45) is 3.12. The van der Waals surface area contributed by atoms with Crippen LogP contribution in [-0.4, -0.2) is 5.88 Å². The van der Waals surface area contributed by atoms with Gasteiger partial charge in [0.15, 0.2) is 0 Å². The van der Waals surface area contributed by atoms with E-state index in [2.05, 4.69) is 17.9 Å². The summed E-state index contributed by atoms with van der Waals surface area (Å²) in [6.45, 7) is 0. The SMILES string of the molecule is ClCC[CH]c1cccs1. The predicted octanol–water partition coefficient (Wildman–Crippen LogP) is 2.93. The van der Waals surface area contributed by atoms with Crippen LogP contribution in [0.4, 0.5) is 0 Å². The van der Waals surface area contributed by atoms with E-state index in [0.29, 0.717) is 0 Å². The number of hydrogen-bond acceptors (Lipinski definition) is 1. The van der Waals surface area contributed by atoms with E-state index in [4.69, 9.17) is 11.6 Å². The molecule has 0 nitrogen and oxygen atoms in total. The van der Waals surface area contributed by atoms with Gasteiger partial charge in [-0.3, -0.25) is 0 Å². The number of halogens is 1. The van der Waals surface area contributed by atoms with Crippen molar-refractivity contribution < 1.29 is 0 Å². The first kappa shape index (κ1) is 7.10. The Hall–Kier alpha value is -0.0100. The average Bonchev–Trinajstić information content (AvgIpc) is 2.34. The third kappa shape index (κ3) is 2.37. The van der Waals surface area contributed by atoms with E-state index >= 15 is 0 Å². The minimum atomic E-state index is 0.720. The second-order valence-electron chi connectivity index (χ2n) is 1.70. The van der Waals surface area contributed by atoms with Crippen LogP contribution in [0.1, 0.15) is 11.3 Å². The molecule has 1 aromatic rings. The summed E-state index contributed by atoms with van der Waals surface area (Å²) in [5.74, 6) is 0.720. The maximum Gasteiger partial charge on any atom is 0.0229 e. The molecule has 9 heavy (non-hydrogen) atoms. The first-order valence-corrected chi connectivity index (χ1v) is 4.27. The van der Waals surface area contributed by atoms with E-state index in [9.17, 15) is 0 Å². The monoisotopic (exact) mass is 159 g/mol. The summed E-state index contributed by atoms with van der Waals surface area (Å²) in [5.41, 5.74) is 0. The van der Waals surface area contributed by atoms with Gasteiger partial charge in [0.25, 0.3) is 0 Å². The number of alkyl halides is 1. The topological polar surface area (TPSA) is 0 Å². The summed E-state index contributed by atoms with van der Waals surface area (Å²) in [4.78, 5) is 1.32. The fourth-order valence-corrected chi connectivity index (χ4v) is 1.40. The first-order chi connectivity index (χ1) is 4.43. The van der Waals surface area contributed by atoms with E-state index in [1.54, 1.807) is 11.3 Å². The number of thiophene rings is 1. The van der Waals surface area contributed by atoms with Gasteiger partial charge < -0.3 is 0 Å². The van der Waals surface area contributed by atoms with Crippen LogP contribution < -0.4 is 0 Å². The third-order valence-corrected chi connectivity index (χ3v) is 2.08. The lowest BCUT2D eigenvalue weighted by molar-refractivity contribution is 1.15. The lowest BCUT2D eigenvalue weighted by atomic mass is 10.3. The molecule has 1 heterocycles. The molecular formula is C7H8ClS. The molecule has 0 saturated heterocycles. The van der Waals surface area contributed by atoms with Gasteiger partial charge in [0.05, 0.1) is 0 Å². The molecular weight excluding hydrogens is 152 g/mol. The molecule has 0 aliphatic rings. The second kappa shape index (κ2) is 3.91. The van der Waals surface area contributed by atoms with Gasteiger partial charge in [0, 0.05) is 17.2 Å². The Morgan fingerprint density at radius 2 is 2.56 bits per heavy atom. The summed E-state index contributed by atoms with van der Waals surface area (Å²) < 4.78 is 0. The fourth-order valence-electron chi connectivity index (χ4n) is 0.604. The smallest absolute Gasteiger partial charge is 0.0229 e. The Labute approximate surface area is 64.5 Å². The molecule has 0 aliphatic carbocycles. The molecule has 2 heteroatoms. The van der Waals surface area contributed by atoms with E-state index in [1.807, 2.05) is 6.07 Å². The van der Waals surface area contributed by atoms with Gasteiger partial charge in [-0.05, 0) is 17.9 Å². The average molecular weight is 160 g/mol. The van der Waals surface area contributed by atoms with Gasteiger partial charge in [-0.15, -0.1) is 22.9 Å². The lowest BCUT2D eigenvalue weighted by Crippen LogP contribution is -1.75. The van der Waals surface area contributed by atoms with Crippen molar-refractivity contribution in [2.45, 2.75) is 6.42 Å². The highest BCUT2D eigenvalue weighted by Crippen LogP contribution is 2.12. The van der Waals surface area contributed by atoms with Crippen molar-refractivity contribution in [3.8, 4) is 0 Å². The lowest BCUT2D eigenvalue weighted by Gasteiger charge is -1.88. The van der Waals surface area contributed by atoms with E-state index < -0.39 is 0 Å². The zero-order chi connectivity index (χ0) is 6.53. The summed E-state index contributed by atoms with van der Waals surface area (Å²) in [7, 11) is 0. The van der Waals surface area contributed by atoms with Crippen LogP contribution in [0.15, 0.2) is 17.5 Å². The van der Waals surface area contributed by atoms with E-state index in [-0.39, 0.29) is 0 Å². The molecule has 1 radical (unpaired) electrons. The van der Waals surface area contributed by atoms with Crippen molar-refractivity contribution in [1.82, 2.24) is 0 Å². The van der Waals surface area contributed by atoms with Gasteiger partial charge in [0.1, 0.15) is 0 Å². The molecule has 0 amide bonds. The molecule has 0 aromatic carbocycles. The summed E-state index contributed by atoms with van der Waals surface area (Å²) in [5, 5.41) is 2.07. The summed E-state index contributed by atoms with van der Waals surface area (Å²) >= 11 is 7.24. The van der Waals surface area contributed by atoms with E-state index in [1.165, 1.54) is 4.88 Å². The van der Waals surface area contributed by atoms with Crippen molar-refractivity contribution >= 4 is 22.9 Å². The standard InChI is InChI=1S/C7H8ClS/c8-5-1-3-7-4-2-6-9-7/h2-4,6H,1,5H2. The molecule has 0 N–H and O–H groups in total. The van der Waals surface area contributed by atoms with Crippen LogP contribution in [0.2, 0.25) is 0 Å². The largest absolute Gasteiger partial charge is 0.149 e. The molecule has 0 fully saturated rings. The molecule has 0 atom stereocenters. The Balaban J connectivity index is 2.30. The van der Waals surface area contributed by atoms with Crippen molar-refractivity contribution in [3.05, 3.63) is 28.8 Å². The Morgan fingerprint density at radius 1 is 1.67 bits per heavy atom. The minimum Gasteiger partial charge on any atom is -0.149 e. The molecule has 0 aliphatic heterocycles. The number of hydrogen-bond donors (Lipinski definition) is 0. The molecule has 0 spiro atoms. The van der Waals surface area contributed by atoms with Gasteiger partial charge in [0.2, 0.25) is 0 Å². The Morgan fingerprint density at radius 3 is 3.11 bits per heavy atom. The highest BCUT2D eigenvalue weighted by atomic mass is 35.5. The minimum absolute atomic E-state index is 0.720. The van der Waals surface area contributed by atoms with Crippen molar-refractivity contribution in [2.24, 2.45) is 0 Å². The highest BCUT2D eigenvalue weighted by molar-refractivity contribution is 7.10. The predicted molar refractivity (Wildman–Crippen MR) is 43.1 cm³/mol. The van der Waals surface area contributed by atoms with Gasteiger partial charge in [-0.25, -0.2) is 0 Å². The molecule has 49 valence electrons. The van der Waals surface area contributed by atoms with E-state index in [0.717, 1.165) is 12.3 Å².